The molecule has 3 N–H and O–H groups in total. The van der Waals surface area contributed by atoms with E-state index >= 15 is 0 Å². The number of nitrogens with one attached hydrogen (secondary N) is 1. The Labute approximate surface area is 81.9 Å². The average molecular weight is 195 g/mol. The van der Waals surface area contributed by atoms with Gasteiger partial charge in [0.15, 0.2) is 0 Å². The Morgan fingerprint density at radius 2 is 2.43 bits per heavy atom. The summed E-state index contributed by atoms with van der Waals surface area (Å²) in [5, 5.41) is 3.19. The number of nitrogen functional groups attached to an aromatic ring is 1. The number of hydrogen-bond acceptors (Lipinski definition) is 6. The van der Waals surface area contributed by atoms with Gasteiger partial charge in [0.25, 0.3) is 0 Å². The molecule has 1 fully saturated rings. The van der Waals surface area contributed by atoms with Crippen LogP contribution in [0.1, 0.15) is 13.3 Å². The Morgan fingerprint density at radius 3 is 3.07 bits per heavy atom. The standard InChI is InChI=1S/C8H13N5O/c1-8(2-3-14-4-8)13-7-11-5-10-6(9)12-7/h5H,2-4H2,1H3,(H3,9,10,11,12,13). The zero-order valence-corrected chi connectivity index (χ0v) is 8.03. The maximum atomic E-state index is 5.44. The van der Waals surface area contributed by atoms with Crippen LogP contribution < -0.4 is 11.1 Å². The minimum absolute atomic E-state index is 0.0895. The number of ether oxygens (including phenoxy) is 1. The maximum Gasteiger partial charge on any atom is 0.227 e. The maximum absolute atomic E-state index is 5.44. The highest BCUT2D eigenvalue weighted by Crippen LogP contribution is 2.21. The number of rotatable bonds is 2. The van der Waals surface area contributed by atoms with Gasteiger partial charge in [0, 0.05) is 6.61 Å². The van der Waals surface area contributed by atoms with Crippen molar-refractivity contribution in [3.8, 4) is 0 Å². The van der Waals surface area contributed by atoms with Crippen molar-refractivity contribution in [2.24, 2.45) is 0 Å². The first kappa shape index (κ1) is 9.14. The van der Waals surface area contributed by atoms with E-state index in [1.165, 1.54) is 6.33 Å². The second-order valence-electron chi connectivity index (χ2n) is 3.66. The summed E-state index contributed by atoms with van der Waals surface area (Å²) in [5.74, 6) is 0.732. The third-order valence-corrected chi connectivity index (χ3v) is 2.22. The summed E-state index contributed by atoms with van der Waals surface area (Å²) in [4.78, 5) is 11.7. The van der Waals surface area contributed by atoms with Crippen molar-refractivity contribution in [1.29, 1.82) is 0 Å². The van der Waals surface area contributed by atoms with Crippen molar-refractivity contribution >= 4 is 11.9 Å². The first-order valence-electron chi connectivity index (χ1n) is 4.48. The SMILES string of the molecule is CC1(Nc2ncnc(N)n2)CCOC1. The largest absolute Gasteiger partial charge is 0.379 e. The van der Waals surface area contributed by atoms with Crippen molar-refractivity contribution in [3.05, 3.63) is 6.33 Å². The number of aromatic nitrogens is 3. The van der Waals surface area contributed by atoms with E-state index in [0.29, 0.717) is 12.6 Å². The lowest BCUT2D eigenvalue weighted by Gasteiger charge is -2.23. The van der Waals surface area contributed by atoms with Crippen molar-refractivity contribution < 1.29 is 4.74 Å². The average Bonchev–Trinajstić information content (AvgIpc) is 2.51. The summed E-state index contributed by atoms with van der Waals surface area (Å²) in [7, 11) is 0. The first-order chi connectivity index (χ1) is 6.68. The van der Waals surface area contributed by atoms with E-state index in [-0.39, 0.29) is 11.5 Å². The van der Waals surface area contributed by atoms with Gasteiger partial charge >= 0.3 is 0 Å². The Balaban J connectivity index is 2.10. The van der Waals surface area contributed by atoms with Gasteiger partial charge in [-0.25, -0.2) is 9.97 Å². The van der Waals surface area contributed by atoms with Crippen molar-refractivity contribution in [3.63, 3.8) is 0 Å². The van der Waals surface area contributed by atoms with Gasteiger partial charge in [-0.05, 0) is 13.3 Å². The predicted molar refractivity (Wildman–Crippen MR) is 51.7 cm³/mol. The minimum atomic E-state index is -0.0895. The van der Waals surface area contributed by atoms with Crippen molar-refractivity contribution in [2.75, 3.05) is 24.3 Å². The number of nitrogens with zero attached hydrogens (tertiary/aromatic N) is 3. The fraction of sp³-hybridized carbons (Fsp3) is 0.625. The molecular formula is C8H13N5O. The third-order valence-electron chi connectivity index (χ3n) is 2.22. The molecule has 6 heteroatoms. The van der Waals surface area contributed by atoms with Crippen molar-refractivity contribution in [2.45, 2.75) is 18.9 Å². The van der Waals surface area contributed by atoms with Crippen molar-refractivity contribution in [1.82, 2.24) is 15.0 Å². The lowest BCUT2D eigenvalue weighted by Crippen LogP contribution is -2.35. The van der Waals surface area contributed by atoms with Crippen LogP contribution in [0.4, 0.5) is 11.9 Å². The monoisotopic (exact) mass is 195 g/mol. The Kier molecular flexibility index (Phi) is 2.20. The highest BCUT2D eigenvalue weighted by atomic mass is 16.5. The third kappa shape index (κ3) is 1.90. The molecule has 1 saturated heterocycles. The van der Waals surface area contributed by atoms with Gasteiger partial charge < -0.3 is 15.8 Å². The molecule has 1 atom stereocenters. The van der Waals surface area contributed by atoms with Gasteiger partial charge in [-0.2, -0.15) is 4.98 Å². The quantitative estimate of drug-likeness (QED) is 0.693. The number of anilines is 2. The molecule has 1 aliphatic heterocycles. The van der Waals surface area contributed by atoms with Crippen LogP contribution in [-0.2, 0) is 4.74 Å². The Morgan fingerprint density at radius 1 is 1.57 bits per heavy atom. The molecule has 0 radical (unpaired) electrons. The van der Waals surface area contributed by atoms with Crippen LogP contribution in [0, 0.1) is 0 Å². The van der Waals surface area contributed by atoms with Crippen LogP contribution in [0.5, 0.6) is 0 Å². The molecule has 0 amide bonds. The molecule has 0 aliphatic carbocycles. The fourth-order valence-electron chi connectivity index (χ4n) is 1.40. The van der Waals surface area contributed by atoms with Gasteiger partial charge in [0.2, 0.25) is 11.9 Å². The lowest BCUT2D eigenvalue weighted by atomic mass is 10.0. The lowest BCUT2D eigenvalue weighted by molar-refractivity contribution is 0.185. The highest BCUT2D eigenvalue weighted by Gasteiger charge is 2.30. The molecule has 2 heterocycles. The molecule has 1 unspecified atom stereocenters. The van der Waals surface area contributed by atoms with Crippen LogP contribution in [0.25, 0.3) is 0 Å². The number of nitrogens with two attached hydrogens (primary N) is 1. The summed E-state index contributed by atoms with van der Waals surface area (Å²) in [5.41, 5.74) is 5.35. The van der Waals surface area contributed by atoms with Gasteiger partial charge in [-0.1, -0.05) is 0 Å². The molecule has 76 valence electrons. The van der Waals surface area contributed by atoms with E-state index in [2.05, 4.69) is 27.2 Å². The Bertz CT molecular complexity index is 323. The molecular weight excluding hydrogens is 182 g/mol. The van der Waals surface area contributed by atoms with E-state index in [4.69, 9.17) is 10.5 Å². The molecule has 1 aromatic rings. The summed E-state index contributed by atoms with van der Waals surface area (Å²) < 4.78 is 5.30. The summed E-state index contributed by atoms with van der Waals surface area (Å²) >= 11 is 0. The summed E-state index contributed by atoms with van der Waals surface area (Å²) in [6, 6.07) is 0. The molecule has 0 spiro atoms. The first-order valence-corrected chi connectivity index (χ1v) is 4.48. The summed E-state index contributed by atoms with van der Waals surface area (Å²) in [6.45, 7) is 3.50. The van der Waals surface area contributed by atoms with Crippen LogP contribution in [0.3, 0.4) is 0 Å². The fourth-order valence-corrected chi connectivity index (χ4v) is 1.40. The van der Waals surface area contributed by atoms with Crippen LogP contribution in [0.15, 0.2) is 6.33 Å². The molecule has 0 saturated carbocycles. The highest BCUT2D eigenvalue weighted by molar-refractivity contribution is 5.32. The zero-order valence-electron chi connectivity index (χ0n) is 8.03. The molecule has 0 bridgehead atoms. The van der Waals surface area contributed by atoms with Gasteiger partial charge in [0.05, 0.1) is 12.1 Å². The Hall–Kier alpha value is -1.43. The van der Waals surface area contributed by atoms with Gasteiger partial charge in [-0.3, -0.25) is 0 Å². The molecule has 1 aromatic heterocycles. The molecule has 6 nitrogen and oxygen atoms in total. The van der Waals surface area contributed by atoms with E-state index in [1.54, 1.807) is 0 Å². The number of hydrogen-bond donors (Lipinski definition) is 2. The van der Waals surface area contributed by atoms with Gasteiger partial charge in [0.1, 0.15) is 6.33 Å². The molecule has 14 heavy (non-hydrogen) atoms. The minimum Gasteiger partial charge on any atom is -0.379 e. The molecule has 2 rings (SSSR count). The van der Waals surface area contributed by atoms with Gasteiger partial charge in [-0.15, -0.1) is 0 Å². The van der Waals surface area contributed by atoms with E-state index in [9.17, 15) is 0 Å². The van der Waals surface area contributed by atoms with Crippen LogP contribution in [-0.4, -0.2) is 33.7 Å². The smallest absolute Gasteiger partial charge is 0.227 e. The zero-order chi connectivity index (χ0) is 10.0. The van der Waals surface area contributed by atoms with Crippen LogP contribution >= 0.6 is 0 Å². The molecule has 0 aromatic carbocycles. The van der Waals surface area contributed by atoms with E-state index in [1.807, 2.05) is 0 Å². The van der Waals surface area contributed by atoms with E-state index < -0.39 is 0 Å². The topological polar surface area (TPSA) is 86.0 Å². The van der Waals surface area contributed by atoms with Crippen LogP contribution in [0.2, 0.25) is 0 Å². The van der Waals surface area contributed by atoms with E-state index in [0.717, 1.165) is 13.0 Å². The normalized spacial score (nSPS) is 26.4. The summed E-state index contributed by atoms with van der Waals surface area (Å²) in [6.07, 6.45) is 2.34. The predicted octanol–water partition coefficient (Wildman–Crippen LogP) is 0.0447. The second kappa shape index (κ2) is 3.38. The molecule has 1 aliphatic rings. The second-order valence-corrected chi connectivity index (χ2v) is 3.66.